The Morgan fingerprint density at radius 3 is 3.00 bits per heavy atom. The van der Waals surface area contributed by atoms with Crippen molar-refractivity contribution in [2.24, 2.45) is 0 Å². The third-order valence-corrected chi connectivity index (χ3v) is 2.68. The molecule has 0 saturated heterocycles. The van der Waals surface area contributed by atoms with Crippen LogP contribution < -0.4 is 10.6 Å². The van der Waals surface area contributed by atoms with E-state index in [4.69, 9.17) is 4.74 Å². The Labute approximate surface area is 115 Å². The fourth-order valence-corrected chi connectivity index (χ4v) is 1.73. The van der Waals surface area contributed by atoms with E-state index >= 15 is 0 Å². The van der Waals surface area contributed by atoms with Crippen molar-refractivity contribution in [1.82, 2.24) is 15.6 Å². The molecular formula is C12H18BrN3O2. The van der Waals surface area contributed by atoms with Gasteiger partial charge in [0.05, 0.1) is 12.3 Å². The van der Waals surface area contributed by atoms with Gasteiger partial charge in [-0.3, -0.25) is 4.79 Å². The Hall–Kier alpha value is -0.980. The molecule has 1 amide bonds. The number of carbonyl (C=O) groups excluding carboxylic acids is 1. The van der Waals surface area contributed by atoms with Gasteiger partial charge in [-0.1, -0.05) is 6.07 Å². The largest absolute Gasteiger partial charge is 0.383 e. The van der Waals surface area contributed by atoms with Gasteiger partial charge in [-0.2, -0.15) is 0 Å². The molecule has 0 bridgehead atoms. The van der Waals surface area contributed by atoms with Crippen LogP contribution in [0.5, 0.6) is 0 Å². The predicted molar refractivity (Wildman–Crippen MR) is 73.1 cm³/mol. The zero-order chi connectivity index (χ0) is 13.2. The van der Waals surface area contributed by atoms with Crippen LogP contribution in [0.4, 0.5) is 0 Å². The van der Waals surface area contributed by atoms with Crippen LogP contribution in [0.1, 0.15) is 12.1 Å². The van der Waals surface area contributed by atoms with Crippen LogP contribution in [0, 0.1) is 0 Å². The maximum atomic E-state index is 11.4. The molecule has 1 heterocycles. The second-order valence-electron chi connectivity index (χ2n) is 3.72. The molecule has 2 N–H and O–H groups in total. The molecule has 0 spiro atoms. The summed E-state index contributed by atoms with van der Waals surface area (Å²) in [5.74, 6) is 0.0294. The zero-order valence-corrected chi connectivity index (χ0v) is 12.0. The number of halogens is 1. The van der Waals surface area contributed by atoms with Gasteiger partial charge in [0.15, 0.2) is 0 Å². The first-order chi connectivity index (χ1) is 8.72. The summed E-state index contributed by atoms with van der Waals surface area (Å²) in [6.07, 6.45) is 0.456. The summed E-state index contributed by atoms with van der Waals surface area (Å²) in [7, 11) is 1.61. The van der Waals surface area contributed by atoms with Crippen molar-refractivity contribution in [1.29, 1.82) is 0 Å². The molecule has 0 aliphatic rings. The summed E-state index contributed by atoms with van der Waals surface area (Å²) in [6, 6.07) is 5.76. The number of ether oxygens (including phenoxy) is 1. The Kier molecular flexibility index (Phi) is 7.55. The average Bonchev–Trinajstić information content (AvgIpc) is 2.35. The number of amides is 1. The molecule has 1 rings (SSSR count). The van der Waals surface area contributed by atoms with E-state index in [1.54, 1.807) is 7.11 Å². The van der Waals surface area contributed by atoms with Gasteiger partial charge in [-0.15, -0.1) is 0 Å². The van der Waals surface area contributed by atoms with Gasteiger partial charge in [0, 0.05) is 33.2 Å². The van der Waals surface area contributed by atoms with Crippen molar-refractivity contribution < 1.29 is 9.53 Å². The Bertz CT molecular complexity index is 374. The summed E-state index contributed by atoms with van der Waals surface area (Å²) >= 11 is 3.31. The molecule has 100 valence electrons. The minimum absolute atomic E-state index is 0.0294. The lowest BCUT2D eigenvalue weighted by Crippen LogP contribution is -2.30. The highest BCUT2D eigenvalue weighted by Crippen LogP contribution is 2.05. The SMILES string of the molecule is COCCNC(=O)CCNCc1cccc(Br)n1. The first-order valence-corrected chi connectivity index (χ1v) is 6.59. The van der Waals surface area contributed by atoms with E-state index < -0.39 is 0 Å². The molecule has 0 atom stereocenters. The molecule has 5 nitrogen and oxygen atoms in total. The highest BCUT2D eigenvalue weighted by Gasteiger charge is 2.00. The number of rotatable bonds is 8. The Morgan fingerprint density at radius 2 is 2.28 bits per heavy atom. The van der Waals surface area contributed by atoms with Crippen LogP contribution in [0.2, 0.25) is 0 Å². The molecule has 0 aliphatic heterocycles. The molecule has 1 aromatic heterocycles. The number of nitrogens with zero attached hydrogens (tertiary/aromatic N) is 1. The number of methoxy groups -OCH3 is 1. The summed E-state index contributed by atoms with van der Waals surface area (Å²) in [5.41, 5.74) is 0.948. The number of hydrogen-bond acceptors (Lipinski definition) is 4. The number of nitrogens with one attached hydrogen (secondary N) is 2. The molecular weight excluding hydrogens is 298 g/mol. The number of aromatic nitrogens is 1. The molecule has 0 aliphatic carbocycles. The molecule has 6 heteroatoms. The number of pyridine rings is 1. The van der Waals surface area contributed by atoms with Crippen LogP contribution in [0.3, 0.4) is 0 Å². The second-order valence-corrected chi connectivity index (χ2v) is 4.53. The van der Waals surface area contributed by atoms with Crippen LogP contribution in [0.25, 0.3) is 0 Å². The van der Waals surface area contributed by atoms with E-state index in [1.165, 1.54) is 0 Å². The molecule has 18 heavy (non-hydrogen) atoms. The molecule has 0 fully saturated rings. The van der Waals surface area contributed by atoms with E-state index in [1.807, 2.05) is 18.2 Å². The first-order valence-electron chi connectivity index (χ1n) is 5.80. The van der Waals surface area contributed by atoms with Gasteiger partial charge >= 0.3 is 0 Å². The lowest BCUT2D eigenvalue weighted by atomic mass is 10.3. The summed E-state index contributed by atoms with van der Waals surface area (Å²) in [5, 5.41) is 5.94. The molecule has 1 aromatic rings. The van der Waals surface area contributed by atoms with E-state index in [0.717, 1.165) is 10.3 Å². The summed E-state index contributed by atoms with van der Waals surface area (Å²) < 4.78 is 5.66. The predicted octanol–water partition coefficient (Wildman–Crippen LogP) is 1.09. The molecule has 0 radical (unpaired) electrons. The third-order valence-electron chi connectivity index (χ3n) is 2.24. The van der Waals surface area contributed by atoms with Crippen molar-refractivity contribution in [3.63, 3.8) is 0 Å². The lowest BCUT2D eigenvalue weighted by Gasteiger charge is -2.06. The highest BCUT2D eigenvalue weighted by atomic mass is 79.9. The van der Waals surface area contributed by atoms with E-state index in [0.29, 0.717) is 32.7 Å². The van der Waals surface area contributed by atoms with Gasteiger partial charge in [0.25, 0.3) is 0 Å². The normalized spacial score (nSPS) is 10.3. The minimum atomic E-state index is 0.0294. The van der Waals surface area contributed by atoms with Crippen LogP contribution in [-0.2, 0) is 16.1 Å². The topological polar surface area (TPSA) is 63.2 Å². The smallest absolute Gasteiger partial charge is 0.221 e. The van der Waals surface area contributed by atoms with Crippen LogP contribution in [-0.4, -0.2) is 37.7 Å². The Balaban J connectivity index is 2.09. The second kappa shape index (κ2) is 9.02. The minimum Gasteiger partial charge on any atom is -0.383 e. The number of carbonyl (C=O) groups is 1. The third kappa shape index (κ3) is 6.68. The zero-order valence-electron chi connectivity index (χ0n) is 10.4. The van der Waals surface area contributed by atoms with Crippen molar-refractivity contribution >= 4 is 21.8 Å². The maximum absolute atomic E-state index is 11.4. The quantitative estimate of drug-likeness (QED) is 0.557. The van der Waals surface area contributed by atoms with Crippen molar-refractivity contribution in [3.05, 3.63) is 28.5 Å². The van der Waals surface area contributed by atoms with Gasteiger partial charge in [-0.25, -0.2) is 4.98 Å². The summed E-state index contributed by atoms with van der Waals surface area (Å²) in [6.45, 7) is 2.39. The van der Waals surface area contributed by atoms with Gasteiger partial charge in [0.1, 0.15) is 4.60 Å². The van der Waals surface area contributed by atoms with E-state index in [-0.39, 0.29) is 5.91 Å². The molecule has 0 aromatic carbocycles. The fourth-order valence-electron chi connectivity index (χ4n) is 1.35. The number of hydrogen-bond donors (Lipinski definition) is 2. The average molecular weight is 316 g/mol. The maximum Gasteiger partial charge on any atom is 0.221 e. The molecule has 0 saturated carbocycles. The Morgan fingerprint density at radius 1 is 1.44 bits per heavy atom. The monoisotopic (exact) mass is 315 g/mol. The van der Waals surface area contributed by atoms with Gasteiger partial charge in [-0.05, 0) is 28.1 Å². The fraction of sp³-hybridized carbons (Fsp3) is 0.500. The lowest BCUT2D eigenvalue weighted by molar-refractivity contribution is -0.121. The van der Waals surface area contributed by atoms with Gasteiger partial charge in [0.2, 0.25) is 5.91 Å². The standard InChI is InChI=1S/C12H18BrN3O2/c1-18-8-7-15-12(17)5-6-14-9-10-3-2-4-11(13)16-10/h2-4,14H,5-9H2,1H3,(H,15,17). The van der Waals surface area contributed by atoms with Crippen LogP contribution >= 0.6 is 15.9 Å². The van der Waals surface area contributed by atoms with Crippen molar-refractivity contribution in [2.75, 3.05) is 26.8 Å². The first kappa shape index (κ1) is 15.1. The van der Waals surface area contributed by atoms with Crippen LogP contribution in [0.15, 0.2) is 22.8 Å². The molecule has 0 unspecified atom stereocenters. The summed E-state index contributed by atoms with van der Waals surface area (Å²) in [4.78, 5) is 15.6. The van der Waals surface area contributed by atoms with Crippen molar-refractivity contribution in [2.45, 2.75) is 13.0 Å². The van der Waals surface area contributed by atoms with Crippen molar-refractivity contribution in [3.8, 4) is 0 Å². The highest BCUT2D eigenvalue weighted by molar-refractivity contribution is 9.10. The van der Waals surface area contributed by atoms with E-state index in [9.17, 15) is 4.79 Å². The van der Waals surface area contributed by atoms with E-state index in [2.05, 4.69) is 31.5 Å². The van der Waals surface area contributed by atoms with Gasteiger partial charge < -0.3 is 15.4 Å².